The monoisotopic (exact) mass is 268 g/mol. The van der Waals surface area contributed by atoms with Gasteiger partial charge in [0.25, 0.3) is 0 Å². The highest BCUT2D eigenvalue weighted by Gasteiger charge is 2.25. The number of benzene rings is 1. The van der Waals surface area contributed by atoms with Crippen molar-refractivity contribution in [1.29, 1.82) is 0 Å². The fourth-order valence-corrected chi connectivity index (χ4v) is 2.24. The Morgan fingerprint density at radius 2 is 2.06 bits per heavy atom. The molecule has 0 saturated heterocycles. The first-order valence-electron chi connectivity index (χ1n) is 6.07. The fourth-order valence-electron chi connectivity index (χ4n) is 2.24. The lowest BCUT2D eigenvalue weighted by Gasteiger charge is -2.21. The van der Waals surface area contributed by atoms with Crippen LogP contribution in [0.1, 0.15) is 31.9 Å². The summed E-state index contributed by atoms with van der Waals surface area (Å²) in [7, 11) is 0. The van der Waals surface area contributed by atoms with Crippen molar-refractivity contribution in [3.63, 3.8) is 0 Å². The molecule has 2 N–H and O–H groups in total. The lowest BCUT2D eigenvalue weighted by molar-refractivity contribution is -0.117. The predicted molar refractivity (Wildman–Crippen MR) is 77.5 cm³/mol. The van der Waals surface area contributed by atoms with Crippen LogP contribution in [0.2, 0.25) is 0 Å². The summed E-state index contributed by atoms with van der Waals surface area (Å²) in [6.07, 6.45) is 0.936. The summed E-state index contributed by atoms with van der Waals surface area (Å²) in [5, 5.41) is 0. The second kappa shape index (κ2) is 5.29. The average molecular weight is 269 g/mol. The standard InChI is InChI=1S/C14H20N2O.ClH/c1-14(2,3)11-4-5-12-10(8-11)6-7-16(12)13(17)9-15;/h4-5,8H,6-7,9,15H2,1-3H3;1H. The summed E-state index contributed by atoms with van der Waals surface area (Å²) >= 11 is 0. The van der Waals surface area contributed by atoms with E-state index in [1.165, 1.54) is 11.1 Å². The summed E-state index contributed by atoms with van der Waals surface area (Å²) in [6, 6.07) is 6.39. The van der Waals surface area contributed by atoms with Gasteiger partial charge in [0.2, 0.25) is 5.91 Å². The van der Waals surface area contributed by atoms with Crippen LogP contribution >= 0.6 is 12.4 Å². The molecule has 0 bridgehead atoms. The highest BCUT2D eigenvalue weighted by molar-refractivity contribution is 5.96. The minimum Gasteiger partial charge on any atom is -0.322 e. The van der Waals surface area contributed by atoms with E-state index in [1.807, 2.05) is 0 Å². The number of rotatable bonds is 1. The number of nitrogens with two attached hydrogens (primary N) is 1. The summed E-state index contributed by atoms with van der Waals surface area (Å²) in [5.41, 5.74) is 9.19. The van der Waals surface area contributed by atoms with E-state index in [1.54, 1.807) is 4.90 Å². The van der Waals surface area contributed by atoms with Crippen LogP contribution in [-0.4, -0.2) is 19.0 Å². The Bertz CT molecular complexity index is 452. The Hall–Kier alpha value is -1.06. The Kier molecular flexibility index (Phi) is 4.41. The lowest BCUT2D eigenvalue weighted by Crippen LogP contribution is -2.34. The van der Waals surface area contributed by atoms with Gasteiger partial charge in [-0.15, -0.1) is 12.4 Å². The van der Waals surface area contributed by atoms with Gasteiger partial charge < -0.3 is 10.6 Å². The number of hydrogen-bond donors (Lipinski definition) is 1. The molecule has 1 aromatic rings. The van der Waals surface area contributed by atoms with Crippen LogP contribution in [0.3, 0.4) is 0 Å². The molecule has 0 saturated carbocycles. The molecule has 0 atom stereocenters. The molecule has 1 aliphatic rings. The average Bonchev–Trinajstić information content (AvgIpc) is 2.69. The highest BCUT2D eigenvalue weighted by atomic mass is 35.5. The molecule has 1 aliphatic heterocycles. The van der Waals surface area contributed by atoms with Crippen LogP contribution in [0.25, 0.3) is 0 Å². The van der Waals surface area contributed by atoms with Gasteiger partial charge in [0.15, 0.2) is 0 Å². The molecule has 0 aliphatic carbocycles. The Morgan fingerprint density at radius 1 is 1.39 bits per heavy atom. The fraction of sp³-hybridized carbons (Fsp3) is 0.500. The molecule has 3 nitrogen and oxygen atoms in total. The van der Waals surface area contributed by atoms with E-state index in [9.17, 15) is 4.79 Å². The molecule has 18 heavy (non-hydrogen) atoms. The van der Waals surface area contributed by atoms with Crippen molar-refractivity contribution in [2.75, 3.05) is 18.0 Å². The van der Waals surface area contributed by atoms with E-state index >= 15 is 0 Å². The molecule has 1 aromatic carbocycles. The number of carbonyl (C=O) groups excluding carboxylic acids is 1. The molecule has 1 amide bonds. The van der Waals surface area contributed by atoms with E-state index < -0.39 is 0 Å². The second-order valence-corrected chi connectivity index (χ2v) is 5.59. The number of carbonyl (C=O) groups is 1. The van der Waals surface area contributed by atoms with Gasteiger partial charge in [-0.25, -0.2) is 0 Å². The van der Waals surface area contributed by atoms with Gasteiger partial charge in [0.1, 0.15) is 0 Å². The zero-order valence-electron chi connectivity index (χ0n) is 11.2. The second-order valence-electron chi connectivity index (χ2n) is 5.59. The maximum Gasteiger partial charge on any atom is 0.240 e. The van der Waals surface area contributed by atoms with Gasteiger partial charge >= 0.3 is 0 Å². The van der Waals surface area contributed by atoms with Gasteiger partial charge in [-0.3, -0.25) is 4.79 Å². The molecule has 1 heterocycles. The van der Waals surface area contributed by atoms with Crippen LogP contribution in [0.15, 0.2) is 18.2 Å². The minimum atomic E-state index is 0. The van der Waals surface area contributed by atoms with Crippen LogP contribution < -0.4 is 10.6 Å². The molecule has 2 rings (SSSR count). The summed E-state index contributed by atoms with van der Waals surface area (Å²) < 4.78 is 0. The molecule has 0 unspecified atom stereocenters. The van der Waals surface area contributed by atoms with Crippen molar-refractivity contribution in [2.45, 2.75) is 32.6 Å². The quantitative estimate of drug-likeness (QED) is 0.849. The molecule has 0 fully saturated rings. The number of fused-ring (bicyclic) bond motifs is 1. The van der Waals surface area contributed by atoms with Crippen LogP contribution in [-0.2, 0) is 16.6 Å². The van der Waals surface area contributed by atoms with E-state index in [0.717, 1.165) is 18.7 Å². The smallest absolute Gasteiger partial charge is 0.240 e. The molecule has 0 spiro atoms. The normalized spacial score (nSPS) is 14.1. The van der Waals surface area contributed by atoms with Crippen molar-refractivity contribution in [3.05, 3.63) is 29.3 Å². The van der Waals surface area contributed by atoms with Gasteiger partial charge in [-0.1, -0.05) is 32.9 Å². The van der Waals surface area contributed by atoms with E-state index in [0.29, 0.717) is 0 Å². The summed E-state index contributed by atoms with van der Waals surface area (Å²) in [4.78, 5) is 13.5. The zero-order chi connectivity index (χ0) is 12.6. The molecule has 0 aromatic heterocycles. The number of amides is 1. The molecular formula is C14H21ClN2O. The van der Waals surface area contributed by atoms with Gasteiger partial charge in [-0.2, -0.15) is 0 Å². The zero-order valence-corrected chi connectivity index (χ0v) is 12.0. The predicted octanol–water partition coefficient (Wildman–Crippen LogP) is 2.25. The Balaban J connectivity index is 0.00000162. The Labute approximate surface area is 115 Å². The first kappa shape index (κ1) is 15.0. The topological polar surface area (TPSA) is 46.3 Å². The van der Waals surface area contributed by atoms with Crippen molar-refractivity contribution < 1.29 is 4.79 Å². The number of nitrogens with zero attached hydrogens (tertiary/aromatic N) is 1. The number of anilines is 1. The van der Waals surface area contributed by atoms with E-state index in [-0.39, 0.29) is 30.3 Å². The largest absolute Gasteiger partial charge is 0.322 e. The first-order valence-corrected chi connectivity index (χ1v) is 6.07. The summed E-state index contributed by atoms with van der Waals surface area (Å²) in [5.74, 6) is 0.00672. The van der Waals surface area contributed by atoms with Gasteiger partial charge in [-0.05, 0) is 29.0 Å². The molecule has 4 heteroatoms. The van der Waals surface area contributed by atoms with Crippen LogP contribution in [0.4, 0.5) is 5.69 Å². The number of halogens is 1. The first-order chi connectivity index (χ1) is 7.93. The number of hydrogen-bond acceptors (Lipinski definition) is 2. The van der Waals surface area contributed by atoms with Gasteiger partial charge in [0.05, 0.1) is 6.54 Å². The third kappa shape index (κ3) is 2.68. The van der Waals surface area contributed by atoms with Crippen molar-refractivity contribution in [3.8, 4) is 0 Å². The summed E-state index contributed by atoms with van der Waals surface area (Å²) in [6.45, 7) is 7.45. The highest BCUT2D eigenvalue weighted by Crippen LogP contribution is 2.32. The van der Waals surface area contributed by atoms with E-state index in [2.05, 4.69) is 39.0 Å². The molecule has 100 valence electrons. The maximum atomic E-state index is 11.7. The molecular weight excluding hydrogens is 248 g/mol. The Morgan fingerprint density at radius 3 is 2.61 bits per heavy atom. The van der Waals surface area contributed by atoms with Gasteiger partial charge in [0, 0.05) is 12.2 Å². The van der Waals surface area contributed by atoms with Crippen molar-refractivity contribution in [1.82, 2.24) is 0 Å². The third-order valence-electron chi connectivity index (χ3n) is 3.32. The lowest BCUT2D eigenvalue weighted by atomic mass is 9.86. The SMILES string of the molecule is CC(C)(C)c1ccc2c(c1)CCN2C(=O)CN.Cl. The maximum absolute atomic E-state index is 11.7. The van der Waals surface area contributed by atoms with Crippen LogP contribution in [0.5, 0.6) is 0 Å². The van der Waals surface area contributed by atoms with Crippen molar-refractivity contribution in [2.24, 2.45) is 5.73 Å². The third-order valence-corrected chi connectivity index (χ3v) is 3.32. The van der Waals surface area contributed by atoms with Crippen LogP contribution in [0, 0.1) is 0 Å². The van der Waals surface area contributed by atoms with Crippen molar-refractivity contribution >= 4 is 24.0 Å². The van der Waals surface area contributed by atoms with E-state index in [4.69, 9.17) is 5.73 Å². The molecule has 0 radical (unpaired) electrons. The minimum absolute atomic E-state index is 0.